The summed E-state index contributed by atoms with van der Waals surface area (Å²) in [5.74, 6) is -1.01. The van der Waals surface area contributed by atoms with Gasteiger partial charge in [0, 0.05) is 43.1 Å². The number of carbonyl (C=O) groups excluding carboxylic acids is 2. The molecule has 12 heteroatoms. The molecule has 2 aromatic heterocycles. The van der Waals surface area contributed by atoms with Crippen molar-refractivity contribution in [3.8, 4) is 10.6 Å². The third-order valence-corrected chi connectivity index (χ3v) is 8.71. The number of nitrogens with zero attached hydrogens (tertiary/aromatic N) is 3. The number of hydrogen-bond acceptors (Lipinski definition) is 7. The Bertz CT molecular complexity index is 1340. The smallest absolute Gasteiger partial charge is 0.383 e. The Morgan fingerprint density at radius 3 is 2.60 bits per heavy atom. The van der Waals surface area contributed by atoms with Gasteiger partial charge in [-0.05, 0) is 62.4 Å². The van der Waals surface area contributed by atoms with Crippen molar-refractivity contribution in [2.24, 2.45) is 0 Å². The molecule has 2 amide bonds. The predicted molar refractivity (Wildman–Crippen MR) is 143 cm³/mol. The number of alkyl halides is 3. The van der Waals surface area contributed by atoms with Gasteiger partial charge in [0.2, 0.25) is 5.91 Å². The molecule has 3 aromatic rings. The van der Waals surface area contributed by atoms with Crippen LogP contribution in [0.1, 0.15) is 53.0 Å². The lowest BCUT2D eigenvalue weighted by atomic mass is 9.82. The van der Waals surface area contributed by atoms with Gasteiger partial charge in [-0.25, -0.2) is 4.98 Å². The maximum Gasteiger partial charge on any atom is 0.416 e. The van der Waals surface area contributed by atoms with Crippen LogP contribution in [0.25, 0.3) is 10.6 Å². The average molecular weight is 574 g/mol. The van der Waals surface area contributed by atoms with Gasteiger partial charge in [0.05, 0.1) is 22.7 Å². The van der Waals surface area contributed by atoms with E-state index in [1.807, 2.05) is 18.2 Å². The molecule has 2 aliphatic rings. The first-order valence-corrected chi connectivity index (χ1v) is 14.0. The average Bonchev–Trinajstić information content (AvgIpc) is 3.64. The molecule has 0 unspecified atom stereocenters. The summed E-state index contributed by atoms with van der Waals surface area (Å²) >= 11 is 1.47. The standard InChI is InChI=1S/C28H30F3N5O3S/c29-28(30,31)19-5-3-4-18(14-19)25(38)33-16-24(37)36-13-9-21(17-36)35-20-7-10-27(39,11-8-20)26-34-15-23(40-26)22-6-1-2-12-32-22/h1-6,12,14-15,20-21,35,39H,7-11,13,16-17H2,(H,33,38)/t20?,21-,27?/m0/s1. The number of aliphatic hydroxyl groups is 1. The number of nitrogens with one attached hydrogen (secondary N) is 2. The van der Waals surface area contributed by atoms with Crippen LogP contribution in [0.3, 0.4) is 0 Å². The van der Waals surface area contributed by atoms with E-state index in [1.54, 1.807) is 17.3 Å². The molecule has 1 saturated carbocycles. The Hall–Kier alpha value is -3.35. The Kier molecular flexibility index (Phi) is 8.20. The van der Waals surface area contributed by atoms with E-state index in [2.05, 4.69) is 20.6 Å². The highest BCUT2D eigenvalue weighted by atomic mass is 32.1. The van der Waals surface area contributed by atoms with Crippen molar-refractivity contribution in [2.75, 3.05) is 19.6 Å². The molecule has 3 N–H and O–H groups in total. The van der Waals surface area contributed by atoms with Crippen LogP contribution < -0.4 is 10.6 Å². The topological polar surface area (TPSA) is 107 Å². The molecule has 3 heterocycles. The summed E-state index contributed by atoms with van der Waals surface area (Å²) in [6, 6.07) is 10.1. The second kappa shape index (κ2) is 11.6. The first-order chi connectivity index (χ1) is 19.1. The fourth-order valence-electron chi connectivity index (χ4n) is 5.25. The minimum atomic E-state index is -4.55. The van der Waals surface area contributed by atoms with Gasteiger partial charge in [0.1, 0.15) is 10.6 Å². The molecule has 1 aliphatic heterocycles. The molecule has 5 rings (SSSR count). The Balaban J connectivity index is 1.07. The van der Waals surface area contributed by atoms with E-state index < -0.39 is 23.2 Å². The SMILES string of the molecule is O=C(NCC(=O)N1CC[C@H](NC2CCC(O)(c3ncc(-c4ccccn4)s3)CC2)C1)c1cccc(C(F)(F)F)c1. The van der Waals surface area contributed by atoms with Crippen LogP contribution in [0.15, 0.2) is 54.9 Å². The maximum atomic E-state index is 12.9. The minimum absolute atomic E-state index is 0.0925. The lowest BCUT2D eigenvalue weighted by molar-refractivity contribution is -0.137. The maximum absolute atomic E-state index is 12.9. The second-order valence-corrected chi connectivity index (χ2v) is 11.3. The van der Waals surface area contributed by atoms with E-state index >= 15 is 0 Å². The largest absolute Gasteiger partial charge is 0.416 e. The molecule has 212 valence electrons. The Morgan fingerprint density at radius 2 is 1.88 bits per heavy atom. The molecular weight excluding hydrogens is 543 g/mol. The fraction of sp³-hybridized carbons (Fsp3) is 0.429. The van der Waals surface area contributed by atoms with Crippen LogP contribution in [0.5, 0.6) is 0 Å². The third-order valence-electron chi connectivity index (χ3n) is 7.50. The van der Waals surface area contributed by atoms with Gasteiger partial charge in [-0.1, -0.05) is 12.1 Å². The van der Waals surface area contributed by atoms with Gasteiger partial charge < -0.3 is 20.6 Å². The molecule has 40 heavy (non-hydrogen) atoms. The fourth-order valence-corrected chi connectivity index (χ4v) is 6.29. The summed E-state index contributed by atoms with van der Waals surface area (Å²) in [6.45, 7) is 0.730. The molecule has 0 radical (unpaired) electrons. The summed E-state index contributed by atoms with van der Waals surface area (Å²) in [5, 5.41) is 18.0. The van der Waals surface area contributed by atoms with Crippen molar-refractivity contribution in [3.63, 3.8) is 0 Å². The molecule has 1 aliphatic carbocycles. The molecular formula is C28H30F3N5O3S. The predicted octanol–water partition coefficient (Wildman–Crippen LogP) is 3.97. The van der Waals surface area contributed by atoms with E-state index in [0.29, 0.717) is 30.9 Å². The van der Waals surface area contributed by atoms with Crippen molar-refractivity contribution in [3.05, 3.63) is 71.0 Å². The zero-order valence-electron chi connectivity index (χ0n) is 21.7. The quantitative estimate of drug-likeness (QED) is 0.395. The zero-order valence-corrected chi connectivity index (χ0v) is 22.5. The van der Waals surface area contributed by atoms with Gasteiger partial charge in [-0.3, -0.25) is 14.6 Å². The molecule has 0 bridgehead atoms. The summed E-state index contributed by atoms with van der Waals surface area (Å²) in [6.07, 6.45) is 2.40. The van der Waals surface area contributed by atoms with E-state index in [4.69, 9.17) is 0 Å². The number of rotatable bonds is 7. The number of carbonyl (C=O) groups is 2. The number of benzene rings is 1. The highest BCUT2D eigenvalue weighted by Crippen LogP contribution is 2.40. The van der Waals surface area contributed by atoms with Gasteiger partial charge in [-0.2, -0.15) is 13.2 Å². The van der Waals surface area contributed by atoms with Crippen LogP contribution in [0.4, 0.5) is 13.2 Å². The van der Waals surface area contributed by atoms with E-state index in [-0.39, 0.29) is 30.1 Å². The van der Waals surface area contributed by atoms with Crippen LogP contribution in [-0.4, -0.2) is 63.5 Å². The normalized spacial score (nSPS) is 23.2. The van der Waals surface area contributed by atoms with Crippen molar-refractivity contribution >= 4 is 23.2 Å². The zero-order chi connectivity index (χ0) is 28.3. The first kappa shape index (κ1) is 28.2. The number of pyridine rings is 1. The van der Waals surface area contributed by atoms with Crippen molar-refractivity contribution in [1.82, 2.24) is 25.5 Å². The molecule has 0 spiro atoms. The van der Waals surface area contributed by atoms with Gasteiger partial charge >= 0.3 is 6.18 Å². The van der Waals surface area contributed by atoms with E-state index in [1.165, 1.54) is 23.5 Å². The molecule has 1 saturated heterocycles. The highest BCUT2D eigenvalue weighted by molar-refractivity contribution is 7.15. The summed E-state index contributed by atoms with van der Waals surface area (Å²) in [5.41, 5.74) is -1.19. The van der Waals surface area contributed by atoms with E-state index in [9.17, 15) is 27.9 Å². The number of hydrogen-bond donors (Lipinski definition) is 3. The van der Waals surface area contributed by atoms with Crippen LogP contribution in [0.2, 0.25) is 0 Å². The molecule has 1 atom stereocenters. The highest BCUT2D eigenvalue weighted by Gasteiger charge is 2.39. The molecule has 8 nitrogen and oxygen atoms in total. The van der Waals surface area contributed by atoms with E-state index in [0.717, 1.165) is 42.0 Å². The summed E-state index contributed by atoms with van der Waals surface area (Å²) < 4.78 is 38.7. The van der Waals surface area contributed by atoms with Crippen LogP contribution in [-0.2, 0) is 16.6 Å². The third kappa shape index (κ3) is 6.51. The van der Waals surface area contributed by atoms with Crippen LogP contribution in [0, 0.1) is 0 Å². The summed E-state index contributed by atoms with van der Waals surface area (Å²) in [7, 11) is 0. The number of amides is 2. The number of aromatic nitrogens is 2. The van der Waals surface area contributed by atoms with Crippen LogP contribution >= 0.6 is 11.3 Å². The Morgan fingerprint density at radius 1 is 1.07 bits per heavy atom. The lowest BCUT2D eigenvalue weighted by Crippen LogP contribution is -2.46. The minimum Gasteiger partial charge on any atom is -0.383 e. The van der Waals surface area contributed by atoms with Gasteiger partial charge in [-0.15, -0.1) is 11.3 Å². The molecule has 2 fully saturated rings. The van der Waals surface area contributed by atoms with Crippen molar-refractivity contribution < 1.29 is 27.9 Å². The van der Waals surface area contributed by atoms with Crippen molar-refractivity contribution in [2.45, 2.75) is 56.0 Å². The Labute approximate surface area is 233 Å². The number of halogens is 3. The number of likely N-dealkylation sites (tertiary alicyclic amines) is 1. The molecule has 1 aromatic carbocycles. The van der Waals surface area contributed by atoms with Gasteiger partial charge in [0.25, 0.3) is 5.91 Å². The monoisotopic (exact) mass is 573 g/mol. The first-order valence-electron chi connectivity index (χ1n) is 13.2. The second-order valence-electron chi connectivity index (χ2n) is 10.3. The number of thiazole rings is 1. The van der Waals surface area contributed by atoms with Crippen molar-refractivity contribution in [1.29, 1.82) is 0 Å². The van der Waals surface area contributed by atoms with Gasteiger partial charge in [0.15, 0.2) is 0 Å². The summed E-state index contributed by atoms with van der Waals surface area (Å²) in [4.78, 5) is 36.4. The lowest BCUT2D eigenvalue weighted by Gasteiger charge is -2.36.